The SMILES string of the molecule is O=C1Nc2ccc(Br)cc2/C1=N\N=C/c1ccc(OC(F)F)cc1. The zero-order valence-electron chi connectivity index (χ0n) is 12.0. The van der Waals surface area contributed by atoms with Gasteiger partial charge in [-0.3, -0.25) is 4.79 Å². The van der Waals surface area contributed by atoms with E-state index in [1.165, 1.54) is 18.3 Å². The van der Waals surface area contributed by atoms with E-state index in [0.717, 1.165) is 4.47 Å². The third-order valence-corrected chi connectivity index (χ3v) is 3.66. The van der Waals surface area contributed by atoms with Crippen LogP contribution in [0.25, 0.3) is 0 Å². The van der Waals surface area contributed by atoms with E-state index < -0.39 is 6.61 Å². The first-order valence-corrected chi connectivity index (χ1v) is 7.59. The van der Waals surface area contributed by atoms with Gasteiger partial charge < -0.3 is 10.1 Å². The van der Waals surface area contributed by atoms with E-state index in [-0.39, 0.29) is 17.4 Å². The van der Waals surface area contributed by atoms with E-state index in [1.807, 2.05) is 6.07 Å². The van der Waals surface area contributed by atoms with Crippen LogP contribution in [0.4, 0.5) is 14.5 Å². The zero-order valence-corrected chi connectivity index (χ0v) is 13.6. The maximum atomic E-state index is 12.1. The first-order chi connectivity index (χ1) is 11.5. The zero-order chi connectivity index (χ0) is 17.1. The van der Waals surface area contributed by atoms with Crippen molar-refractivity contribution in [1.29, 1.82) is 0 Å². The predicted octanol–water partition coefficient (Wildman–Crippen LogP) is 3.83. The maximum absolute atomic E-state index is 12.1. The van der Waals surface area contributed by atoms with Crippen LogP contribution in [0.15, 0.2) is 57.1 Å². The van der Waals surface area contributed by atoms with Crippen molar-refractivity contribution in [2.45, 2.75) is 6.61 Å². The largest absolute Gasteiger partial charge is 0.435 e. The van der Waals surface area contributed by atoms with Crippen LogP contribution in [0.1, 0.15) is 11.1 Å². The van der Waals surface area contributed by atoms with Gasteiger partial charge in [-0.05, 0) is 48.0 Å². The first kappa shape index (κ1) is 16.3. The molecule has 2 aromatic rings. The average Bonchev–Trinajstić information content (AvgIpc) is 2.84. The highest BCUT2D eigenvalue weighted by Crippen LogP contribution is 2.26. The van der Waals surface area contributed by atoms with Crippen LogP contribution in [-0.2, 0) is 4.79 Å². The number of alkyl halides is 2. The number of anilines is 1. The molecule has 0 unspecified atom stereocenters. The van der Waals surface area contributed by atoms with Gasteiger partial charge in [-0.1, -0.05) is 15.9 Å². The summed E-state index contributed by atoms with van der Waals surface area (Å²) >= 11 is 3.34. The van der Waals surface area contributed by atoms with Gasteiger partial charge in [0.2, 0.25) is 0 Å². The lowest BCUT2D eigenvalue weighted by atomic mass is 10.1. The van der Waals surface area contributed by atoms with Crippen molar-refractivity contribution in [3.63, 3.8) is 0 Å². The number of fused-ring (bicyclic) bond motifs is 1. The van der Waals surface area contributed by atoms with Gasteiger partial charge in [-0.2, -0.15) is 13.9 Å². The minimum absolute atomic E-state index is 0.0578. The Bertz CT molecular complexity index is 836. The molecule has 8 heteroatoms. The van der Waals surface area contributed by atoms with Gasteiger partial charge in [-0.25, -0.2) is 0 Å². The second-order valence-electron chi connectivity index (χ2n) is 4.78. The Balaban J connectivity index is 1.77. The molecule has 24 heavy (non-hydrogen) atoms. The number of benzene rings is 2. The molecule has 5 nitrogen and oxygen atoms in total. The lowest BCUT2D eigenvalue weighted by Crippen LogP contribution is -2.13. The summed E-state index contributed by atoms with van der Waals surface area (Å²) in [6.07, 6.45) is 1.42. The van der Waals surface area contributed by atoms with Crippen molar-refractivity contribution in [3.8, 4) is 5.75 Å². The van der Waals surface area contributed by atoms with Crippen LogP contribution in [0.5, 0.6) is 5.75 Å². The molecular weight excluding hydrogens is 384 g/mol. The summed E-state index contributed by atoms with van der Waals surface area (Å²) in [6, 6.07) is 11.3. The Morgan fingerprint density at radius 1 is 1.17 bits per heavy atom. The Kier molecular flexibility index (Phi) is 4.66. The van der Waals surface area contributed by atoms with Crippen LogP contribution in [-0.4, -0.2) is 24.4 Å². The fourth-order valence-electron chi connectivity index (χ4n) is 2.11. The van der Waals surface area contributed by atoms with Gasteiger partial charge in [0, 0.05) is 10.0 Å². The lowest BCUT2D eigenvalue weighted by Gasteiger charge is -2.03. The van der Waals surface area contributed by atoms with Gasteiger partial charge in [0.05, 0.1) is 11.9 Å². The highest BCUT2D eigenvalue weighted by Gasteiger charge is 2.26. The summed E-state index contributed by atoms with van der Waals surface area (Å²) < 4.78 is 29.2. The van der Waals surface area contributed by atoms with Crippen LogP contribution in [0, 0.1) is 0 Å². The third kappa shape index (κ3) is 3.65. The van der Waals surface area contributed by atoms with Gasteiger partial charge in [0.15, 0.2) is 5.71 Å². The number of nitrogens with one attached hydrogen (secondary N) is 1. The van der Waals surface area contributed by atoms with Crippen molar-refractivity contribution in [1.82, 2.24) is 0 Å². The molecule has 1 heterocycles. The molecule has 1 amide bonds. The van der Waals surface area contributed by atoms with Crippen molar-refractivity contribution in [3.05, 3.63) is 58.1 Å². The van der Waals surface area contributed by atoms with E-state index in [0.29, 0.717) is 16.8 Å². The molecule has 0 radical (unpaired) electrons. The number of halogens is 3. The number of ether oxygens (including phenoxy) is 1. The van der Waals surface area contributed by atoms with Crippen molar-refractivity contribution in [2.75, 3.05) is 5.32 Å². The summed E-state index contributed by atoms with van der Waals surface area (Å²) in [5.74, 6) is -0.275. The average molecular weight is 394 g/mol. The Hall–Kier alpha value is -2.61. The minimum Gasteiger partial charge on any atom is -0.435 e. The third-order valence-electron chi connectivity index (χ3n) is 3.17. The molecule has 1 aliphatic rings. The topological polar surface area (TPSA) is 63.0 Å². The fourth-order valence-corrected chi connectivity index (χ4v) is 2.47. The molecule has 0 aromatic heterocycles. The number of amides is 1. The number of carbonyl (C=O) groups excluding carboxylic acids is 1. The van der Waals surface area contributed by atoms with Crippen LogP contribution < -0.4 is 10.1 Å². The fraction of sp³-hybridized carbons (Fsp3) is 0.0625. The summed E-state index contributed by atoms with van der Waals surface area (Å²) in [5.41, 5.74) is 2.17. The van der Waals surface area contributed by atoms with Crippen molar-refractivity contribution >= 4 is 39.5 Å². The van der Waals surface area contributed by atoms with Gasteiger partial charge in [0.1, 0.15) is 5.75 Å². The number of hydrogen-bond donors (Lipinski definition) is 1. The molecule has 122 valence electrons. The second-order valence-corrected chi connectivity index (χ2v) is 5.70. The predicted molar refractivity (Wildman–Crippen MR) is 90.0 cm³/mol. The van der Waals surface area contributed by atoms with E-state index in [1.54, 1.807) is 24.3 Å². The van der Waals surface area contributed by atoms with E-state index >= 15 is 0 Å². The lowest BCUT2D eigenvalue weighted by molar-refractivity contribution is -0.110. The smallest absolute Gasteiger partial charge is 0.387 e. The number of nitrogens with zero attached hydrogens (tertiary/aromatic N) is 2. The molecule has 0 spiro atoms. The van der Waals surface area contributed by atoms with E-state index in [2.05, 4.69) is 36.2 Å². The summed E-state index contributed by atoms with van der Waals surface area (Å²) in [7, 11) is 0. The highest BCUT2D eigenvalue weighted by atomic mass is 79.9. The Morgan fingerprint density at radius 2 is 1.92 bits per heavy atom. The second kappa shape index (κ2) is 6.88. The quantitative estimate of drug-likeness (QED) is 0.633. The minimum atomic E-state index is -2.86. The molecular formula is C16H10BrF2N3O2. The van der Waals surface area contributed by atoms with Crippen LogP contribution in [0.3, 0.4) is 0 Å². The molecule has 1 N–H and O–H groups in total. The van der Waals surface area contributed by atoms with Gasteiger partial charge in [0.25, 0.3) is 5.91 Å². The van der Waals surface area contributed by atoms with Crippen molar-refractivity contribution in [2.24, 2.45) is 10.2 Å². The summed E-state index contributed by atoms with van der Waals surface area (Å²) in [4.78, 5) is 11.9. The Labute approximate surface area is 144 Å². The molecule has 0 aliphatic carbocycles. The number of carbonyl (C=O) groups is 1. The standard InChI is InChI=1S/C16H10BrF2N3O2/c17-10-3-6-13-12(7-10)14(15(23)21-13)22-20-8-9-1-4-11(5-2-9)24-16(18)19/h1-8,16H,(H,21,22,23)/b20-8-. The van der Waals surface area contributed by atoms with Crippen LogP contribution in [0.2, 0.25) is 0 Å². The maximum Gasteiger partial charge on any atom is 0.387 e. The molecule has 2 aromatic carbocycles. The monoisotopic (exact) mass is 393 g/mol. The van der Waals surface area contributed by atoms with E-state index in [9.17, 15) is 13.6 Å². The van der Waals surface area contributed by atoms with Crippen molar-refractivity contribution < 1.29 is 18.3 Å². The van der Waals surface area contributed by atoms with Gasteiger partial charge in [-0.15, -0.1) is 5.10 Å². The molecule has 1 aliphatic heterocycles. The highest BCUT2D eigenvalue weighted by molar-refractivity contribution is 9.10. The number of rotatable bonds is 4. The normalized spacial score (nSPS) is 15.2. The van der Waals surface area contributed by atoms with Gasteiger partial charge >= 0.3 is 6.61 Å². The summed E-state index contributed by atoms with van der Waals surface area (Å²) in [6.45, 7) is -2.86. The molecule has 3 rings (SSSR count). The first-order valence-electron chi connectivity index (χ1n) is 6.80. The Morgan fingerprint density at radius 3 is 2.62 bits per heavy atom. The summed E-state index contributed by atoms with van der Waals surface area (Å²) in [5, 5.41) is 10.5. The molecule has 0 fully saturated rings. The molecule has 0 saturated carbocycles. The molecule has 0 bridgehead atoms. The van der Waals surface area contributed by atoms with E-state index in [4.69, 9.17) is 0 Å². The van der Waals surface area contributed by atoms with Crippen LogP contribution >= 0.6 is 15.9 Å². The molecule has 0 atom stereocenters. The number of hydrogen-bond acceptors (Lipinski definition) is 4. The molecule has 0 saturated heterocycles.